The zero-order valence-corrected chi connectivity index (χ0v) is 12.4. The van der Waals surface area contributed by atoms with Gasteiger partial charge in [-0.3, -0.25) is 0 Å². The molecule has 4 heteroatoms. The minimum absolute atomic E-state index is 0.0977. The number of benzene rings is 1. The zero-order chi connectivity index (χ0) is 12.5. The van der Waals surface area contributed by atoms with Crippen LogP contribution < -0.4 is 5.32 Å². The predicted octanol–water partition coefficient (Wildman–Crippen LogP) is 2.93. The van der Waals surface area contributed by atoms with E-state index in [1.807, 2.05) is 19.6 Å². The molecule has 1 N–H and O–H groups in total. The fourth-order valence-corrected chi connectivity index (χ4v) is 2.05. The van der Waals surface area contributed by atoms with Crippen molar-refractivity contribution in [3.05, 3.63) is 46.1 Å². The van der Waals surface area contributed by atoms with Gasteiger partial charge in [-0.2, -0.15) is 0 Å². The van der Waals surface area contributed by atoms with Gasteiger partial charge in [0.15, 0.2) is 0 Å². The molecule has 2 aromatic rings. The lowest BCUT2D eigenvalue weighted by Crippen LogP contribution is -2.35. The van der Waals surface area contributed by atoms with Gasteiger partial charge in [0.2, 0.25) is 0 Å². The minimum atomic E-state index is -0.0977. The van der Waals surface area contributed by atoms with E-state index in [9.17, 15) is 0 Å². The topological polar surface area (TPSA) is 29.9 Å². The molecule has 0 saturated carbocycles. The van der Waals surface area contributed by atoms with E-state index >= 15 is 0 Å². The molecule has 0 saturated heterocycles. The van der Waals surface area contributed by atoms with Crippen molar-refractivity contribution >= 4 is 22.6 Å². The van der Waals surface area contributed by atoms with Gasteiger partial charge in [-0.05, 0) is 67.8 Å². The van der Waals surface area contributed by atoms with Crippen LogP contribution in [-0.4, -0.2) is 16.6 Å². The summed E-state index contributed by atoms with van der Waals surface area (Å²) in [5.41, 5.74) is 2.20. The first-order valence-electron chi connectivity index (χ1n) is 5.52. The summed E-state index contributed by atoms with van der Waals surface area (Å²) in [6, 6.07) is 8.43. The molecule has 90 valence electrons. The number of hydrogen-bond donors (Lipinski definition) is 1. The Balaban J connectivity index is 2.47. The van der Waals surface area contributed by atoms with E-state index in [4.69, 9.17) is 0 Å². The molecular weight excluding hydrogens is 325 g/mol. The number of imidazole rings is 1. The van der Waals surface area contributed by atoms with Crippen LogP contribution in [0.3, 0.4) is 0 Å². The maximum absolute atomic E-state index is 4.26. The lowest BCUT2D eigenvalue weighted by atomic mass is 10.0. The van der Waals surface area contributed by atoms with Gasteiger partial charge in [0, 0.05) is 9.26 Å². The number of halogens is 1. The van der Waals surface area contributed by atoms with Crippen molar-refractivity contribution in [3.8, 4) is 5.69 Å². The van der Waals surface area contributed by atoms with E-state index < -0.39 is 0 Å². The summed E-state index contributed by atoms with van der Waals surface area (Å²) in [5, 5.41) is 3.30. The second-order valence-electron chi connectivity index (χ2n) is 4.50. The van der Waals surface area contributed by atoms with Crippen LogP contribution in [0.4, 0.5) is 0 Å². The highest BCUT2D eigenvalue weighted by Gasteiger charge is 2.22. The summed E-state index contributed by atoms with van der Waals surface area (Å²) < 4.78 is 3.35. The standard InChI is InChI=1S/C13H16IN3/c1-13(2,15-3)12-8-16-9-17(12)11-6-4-10(14)5-7-11/h4-9,15H,1-3H3. The van der Waals surface area contributed by atoms with Gasteiger partial charge >= 0.3 is 0 Å². The zero-order valence-electron chi connectivity index (χ0n) is 10.2. The SMILES string of the molecule is CNC(C)(C)c1cncn1-c1ccc(I)cc1. The molecule has 0 radical (unpaired) electrons. The van der Waals surface area contributed by atoms with Crippen LogP contribution in [0.1, 0.15) is 19.5 Å². The Kier molecular flexibility index (Phi) is 3.53. The molecule has 0 amide bonds. The van der Waals surface area contributed by atoms with E-state index in [0.29, 0.717) is 0 Å². The molecule has 0 aliphatic rings. The summed E-state index contributed by atoms with van der Waals surface area (Å²) in [6.45, 7) is 4.29. The number of nitrogens with zero attached hydrogens (tertiary/aromatic N) is 2. The van der Waals surface area contributed by atoms with Crippen LogP contribution in [0.5, 0.6) is 0 Å². The summed E-state index contributed by atoms with van der Waals surface area (Å²) in [7, 11) is 1.96. The van der Waals surface area contributed by atoms with E-state index in [-0.39, 0.29) is 5.54 Å². The van der Waals surface area contributed by atoms with Gasteiger partial charge in [0.1, 0.15) is 0 Å². The van der Waals surface area contributed by atoms with Crippen molar-refractivity contribution in [1.29, 1.82) is 0 Å². The second kappa shape index (κ2) is 4.78. The fourth-order valence-electron chi connectivity index (χ4n) is 1.69. The molecular formula is C13H16IN3. The van der Waals surface area contributed by atoms with Crippen LogP contribution in [0, 0.1) is 3.57 Å². The maximum Gasteiger partial charge on any atom is 0.0994 e. The monoisotopic (exact) mass is 341 g/mol. The largest absolute Gasteiger partial charge is 0.310 e. The van der Waals surface area contributed by atoms with E-state index in [0.717, 1.165) is 11.4 Å². The molecule has 1 aromatic carbocycles. The van der Waals surface area contributed by atoms with Gasteiger partial charge in [-0.15, -0.1) is 0 Å². The van der Waals surface area contributed by atoms with Crippen molar-refractivity contribution in [1.82, 2.24) is 14.9 Å². The van der Waals surface area contributed by atoms with Crippen molar-refractivity contribution in [2.45, 2.75) is 19.4 Å². The molecule has 1 aromatic heterocycles. The molecule has 2 rings (SSSR count). The maximum atomic E-state index is 4.26. The molecule has 0 bridgehead atoms. The summed E-state index contributed by atoms with van der Waals surface area (Å²) in [6.07, 6.45) is 3.77. The Labute approximate surface area is 115 Å². The average molecular weight is 341 g/mol. The lowest BCUT2D eigenvalue weighted by Gasteiger charge is -2.25. The van der Waals surface area contributed by atoms with Crippen LogP contribution >= 0.6 is 22.6 Å². The van der Waals surface area contributed by atoms with Gasteiger partial charge < -0.3 is 9.88 Å². The van der Waals surface area contributed by atoms with Gasteiger partial charge in [-0.1, -0.05) is 0 Å². The Morgan fingerprint density at radius 3 is 2.47 bits per heavy atom. The number of aromatic nitrogens is 2. The minimum Gasteiger partial charge on any atom is -0.310 e. The molecule has 0 atom stereocenters. The molecule has 0 fully saturated rings. The average Bonchev–Trinajstić information content (AvgIpc) is 2.80. The van der Waals surface area contributed by atoms with E-state index in [1.165, 1.54) is 3.57 Å². The first-order chi connectivity index (χ1) is 8.04. The third kappa shape index (κ3) is 2.52. The van der Waals surface area contributed by atoms with Gasteiger partial charge in [0.05, 0.1) is 23.8 Å². The Bertz CT molecular complexity index is 500. The second-order valence-corrected chi connectivity index (χ2v) is 5.75. The predicted molar refractivity (Wildman–Crippen MR) is 78.4 cm³/mol. The summed E-state index contributed by atoms with van der Waals surface area (Å²) in [5.74, 6) is 0. The fraction of sp³-hybridized carbons (Fsp3) is 0.308. The van der Waals surface area contributed by atoms with Gasteiger partial charge in [0.25, 0.3) is 0 Å². The quantitative estimate of drug-likeness (QED) is 0.870. The van der Waals surface area contributed by atoms with Crippen LogP contribution in [0.25, 0.3) is 5.69 Å². The van der Waals surface area contributed by atoms with E-state index in [1.54, 1.807) is 0 Å². The third-order valence-corrected chi connectivity index (χ3v) is 3.73. The molecule has 17 heavy (non-hydrogen) atoms. The molecule has 0 unspecified atom stereocenters. The molecule has 1 heterocycles. The Hall–Kier alpha value is -0.880. The van der Waals surface area contributed by atoms with Gasteiger partial charge in [-0.25, -0.2) is 4.98 Å². The summed E-state index contributed by atoms with van der Waals surface area (Å²) >= 11 is 2.31. The highest BCUT2D eigenvalue weighted by molar-refractivity contribution is 14.1. The Morgan fingerprint density at radius 2 is 1.88 bits per heavy atom. The number of hydrogen-bond acceptors (Lipinski definition) is 2. The normalized spacial score (nSPS) is 11.8. The summed E-state index contributed by atoms with van der Waals surface area (Å²) in [4.78, 5) is 4.26. The van der Waals surface area contributed by atoms with Crippen molar-refractivity contribution in [3.63, 3.8) is 0 Å². The molecule has 0 aliphatic carbocycles. The molecule has 3 nitrogen and oxygen atoms in total. The van der Waals surface area contributed by atoms with Crippen molar-refractivity contribution < 1.29 is 0 Å². The number of rotatable bonds is 3. The highest BCUT2D eigenvalue weighted by Crippen LogP contribution is 2.22. The van der Waals surface area contributed by atoms with Crippen LogP contribution in [-0.2, 0) is 5.54 Å². The molecule has 0 spiro atoms. The van der Waals surface area contributed by atoms with Crippen molar-refractivity contribution in [2.24, 2.45) is 0 Å². The molecule has 0 aliphatic heterocycles. The third-order valence-electron chi connectivity index (χ3n) is 3.01. The van der Waals surface area contributed by atoms with Crippen LogP contribution in [0.15, 0.2) is 36.8 Å². The number of nitrogens with one attached hydrogen (secondary N) is 1. The van der Waals surface area contributed by atoms with Crippen molar-refractivity contribution in [2.75, 3.05) is 7.05 Å². The van der Waals surface area contributed by atoms with Crippen LogP contribution in [0.2, 0.25) is 0 Å². The first kappa shape index (κ1) is 12.6. The Morgan fingerprint density at radius 1 is 1.24 bits per heavy atom. The smallest absolute Gasteiger partial charge is 0.0994 e. The van der Waals surface area contributed by atoms with E-state index in [2.05, 4.69) is 75.6 Å². The first-order valence-corrected chi connectivity index (χ1v) is 6.60. The lowest BCUT2D eigenvalue weighted by molar-refractivity contribution is 0.425. The highest BCUT2D eigenvalue weighted by atomic mass is 127.